The van der Waals surface area contributed by atoms with Gasteiger partial charge in [0.15, 0.2) is 0 Å². The van der Waals surface area contributed by atoms with E-state index in [1.807, 2.05) is 0 Å². The second-order valence-corrected chi connectivity index (χ2v) is 3.83. The van der Waals surface area contributed by atoms with Gasteiger partial charge in [-0.3, -0.25) is 0 Å². The average molecular weight is 288 g/mol. The fourth-order valence-electron chi connectivity index (χ4n) is 0.817. The van der Waals surface area contributed by atoms with Crippen molar-refractivity contribution in [1.82, 2.24) is 0 Å². The Morgan fingerprint density at radius 1 is 1.38 bits per heavy atom. The minimum atomic E-state index is -1.96. The lowest BCUT2D eigenvalue weighted by Gasteiger charge is -2.07. The third-order valence-electron chi connectivity index (χ3n) is 1.41. The van der Waals surface area contributed by atoms with Crippen molar-refractivity contribution in [3.63, 3.8) is 0 Å². The summed E-state index contributed by atoms with van der Waals surface area (Å²) in [6, 6.07) is 0.951. The normalized spacial score (nSPS) is 10.3. The van der Waals surface area contributed by atoms with Gasteiger partial charge in [0.1, 0.15) is 5.82 Å². The maximum Gasteiger partial charge on any atom is 0.493 e. The zero-order valence-corrected chi connectivity index (χ0v) is 9.16. The number of hydrogen-bond acceptors (Lipinski definition) is 2. The van der Waals surface area contributed by atoms with E-state index in [0.29, 0.717) is 0 Å². The van der Waals surface area contributed by atoms with E-state index in [4.69, 9.17) is 33.2 Å². The second-order valence-electron chi connectivity index (χ2n) is 2.26. The molecule has 1 aromatic carbocycles. The van der Waals surface area contributed by atoms with Gasteiger partial charge in [0.05, 0.1) is 14.5 Å². The molecule has 2 N–H and O–H groups in total. The molecule has 2 nitrogen and oxygen atoms in total. The highest BCUT2D eigenvalue weighted by atomic mass is 79.9. The van der Waals surface area contributed by atoms with E-state index < -0.39 is 18.4 Å². The summed E-state index contributed by atoms with van der Waals surface area (Å²) in [5.41, 5.74) is -0.391. The van der Waals surface area contributed by atoms with Crippen LogP contribution in [0, 0.1) is 5.82 Å². The number of rotatable bonds is 1. The highest BCUT2D eigenvalue weighted by Gasteiger charge is 2.23. The lowest BCUT2D eigenvalue weighted by molar-refractivity contribution is 0.423. The van der Waals surface area contributed by atoms with Gasteiger partial charge in [-0.05, 0) is 22.0 Å². The summed E-state index contributed by atoms with van der Waals surface area (Å²) in [4.78, 5) is 0. The molecule has 70 valence electrons. The highest BCUT2D eigenvalue weighted by molar-refractivity contribution is 9.10. The Balaban J connectivity index is 3.44. The second kappa shape index (κ2) is 4.15. The van der Waals surface area contributed by atoms with Gasteiger partial charge < -0.3 is 10.0 Å². The molecule has 13 heavy (non-hydrogen) atoms. The summed E-state index contributed by atoms with van der Waals surface area (Å²) in [5.74, 6) is -0.854. The van der Waals surface area contributed by atoms with E-state index in [-0.39, 0.29) is 14.5 Å². The molecule has 0 saturated heterocycles. The fourth-order valence-corrected chi connectivity index (χ4v) is 1.67. The van der Waals surface area contributed by atoms with Crippen LogP contribution in [0.5, 0.6) is 0 Å². The molecule has 0 saturated carbocycles. The van der Waals surface area contributed by atoms with Crippen LogP contribution in [0.2, 0.25) is 10.0 Å². The van der Waals surface area contributed by atoms with Crippen LogP contribution in [-0.2, 0) is 0 Å². The monoisotopic (exact) mass is 286 g/mol. The van der Waals surface area contributed by atoms with Gasteiger partial charge in [-0.1, -0.05) is 23.2 Å². The molecule has 0 bridgehead atoms. The van der Waals surface area contributed by atoms with Crippen LogP contribution in [0.3, 0.4) is 0 Å². The first-order chi connectivity index (χ1) is 5.95. The topological polar surface area (TPSA) is 40.5 Å². The summed E-state index contributed by atoms with van der Waals surface area (Å²) in [5, 5.41) is 17.5. The Kier molecular flexibility index (Phi) is 3.60. The van der Waals surface area contributed by atoms with Gasteiger partial charge in [-0.2, -0.15) is 0 Å². The van der Waals surface area contributed by atoms with Crippen molar-refractivity contribution >= 4 is 51.7 Å². The molecule has 0 aliphatic rings. The van der Waals surface area contributed by atoms with Crippen molar-refractivity contribution in [3.8, 4) is 0 Å². The van der Waals surface area contributed by atoms with Gasteiger partial charge >= 0.3 is 7.12 Å². The summed E-state index contributed by atoms with van der Waals surface area (Å²) in [7, 11) is -1.96. The molecule has 0 spiro atoms. The number of benzene rings is 1. The van der Waals surface area contributed by atoms with Crippen LogP contribution >= 0.6 is 39.1 Å². The zero-order valence-electron chi connectivity index (χ0n) is 6.06. The first-order valence-corrected chi connectivity index (χ1v) is 4.69. The largest absolute Gasteiger partial charge is 0.493 e. The Hall–Kier alpha value is 0.195. The molecule has 0 amide bonds. The van der Waals surface area contributed by atoms with Gasteiger partial charge in [0, 0.05) is 5.46 Å². The van der Waals surface area contributed by atoms with Crippen LogP contribution in [0.4, 0.5) is 4.39 Å². The van der Waals surface area contributed by atoms with Crippen LogP contribution in [0.1, 0.15) is 0 Å². The van der Waals surface area contributed by atoms with Gasteiger partial charge in [0.2, 0.25) is 0 Å². The van der Waals surface area contributed by atoms with Crippen molar-refractivity contribution < 1.29 is 14.4 Å². The summed E-state index contributed by atoms with van der Waals surface area (Å²) < 4.78 is 13.3. The standard InChI is InChI=1S/C6H3BBrCl2FO2/c8-5-2(9)1-3(11)4(6(5)10)7(12)13/h1,12-13H. The van der Waals surface area contributed by atoms with E-state index >= 15 is 0 Å². The van der Waals surface area contributed by atoms with E-state index in [0.717, 1.165) is 6.07 Å². The average Bonchev–Trinajstić information content (AvgIpc) is 1.99. The predicted octanol–water partition coefficient (Wildman–Crippen LogP) is 1.57. The minimum Gasteiger partial charge on any atom is -0.423 e. The fraction of sp³-hybridized carbons (Fsp3) is 0. The summed E-state index contributed by atoms with van der Waals surface area (Å²) in [6.07, 6.45) is 0. The summed E-state index contributed by atoms with van der Waals surface area (Å²) >= 11 is 14.1. The van der Waals surface area contributed by atoms with Crippen molar-refractivity contribution in [1.29, 1.82) is 0 Å². The molecule has 7 heteroatoms. The molecule has 0 aromatic heterocycles. The van der Waals surface area contributed by atoms with Crippen LogP contribution < -0.4 is 5.46 Å². The van der Waals surface area contributed by atoms with Crippen molar-refractivity contribution in [2.45, 2.75) is 0 Å². The molecule has 0 radical (unpaired) electrons. The molecule has 0 heterocycles. The Morgan fingerprint density at radius 3 is 2.38 bits per heavy atom. The molecule has 1 aromatic rings. The van der Waals surface area contributed by atoms with E-state index in [1.54, 1.807) is 0 Å². The zero-order chi connectivity index (χ0) is 10.2. The van der Waals surface area contributed by atoms with Gasteiger partial charge in [0.25, 0.3) is 0 Å². The molecular weight excluding hydrogens is 285 g/mol. The lowest BCUT2D eigenvalue weighted by atomic mass is 9.80. The van der Waals surface area contributed by atoms with E-state index in [2.05, 4.69) is 15.9 Å². The van der Waals surface area contributed by atoms with Crippen LogP contribution in [-0.4, -0.2) is 17.2 Å². The molecule has 0 fully saturated rings. The first-order valence-electron chi connectivity index (χ1n) is 3.14. The molecule has 0 unspecified atom stereocenters. The maximum absolute atomic E-state index is 13.0. The van der Waals surface area contributed by atoms with Crippen LogP contribution in [0.15, 0.2) is 10.5 Å². The smallest absolute Gasteiger partial charge is 0.423 e. The molecule has 0 aliphatic carbocycles. The first kappa shape index (κ1) is 11.3. The SMILES string of the molecule is OB(O)c1c(F)cc(Cl)c(Br)c1Cl. The highest BCUT2D eigenvalue weighted by Crippen LogP contribution is 2.29. The molecule has 0 aliphatic heterocycles. The third-order valence-corrected chi connectivity index (χ3v) is 3.38. The number of halogens is 4. The molecule has 1 rings (SSSR count). The van der Waals surface area contributed by atoms with Crippen LogP contribution in [0.25, 0.3) is 0 Å². The Bertz CT molecular complexity index is 348. The minimum absolute atomic E-state index is 0.0758. The number of hydrogen-bond donors (Lipinski definition) is 2. The lowest BCUT2D eigenvalue weighted by Crippen LogP contribution is -2.34. The van der Waals surface area contributed by atoms with E-state index in [9.17, 15) is 4.39 Å². The third kappa shape index (κ3) is 2.17. The predicted molar refractivity (Wildman–Crippen MR) is 53.9 cm³/mol. The van der Waals surface area contributed by atoms with Crippen molar-refractivity contribution in [2.75, 3.05) is 0 Å². The molecule has 0 atom stereocenters. The maximum atomic E-state index is 13.0. The summed E-state index contributed by atoms with van der Waals surface area (Å²) in [6.45, 7) is 0. The van der Waals surface area contributed by atoms with Gasteiger partial charge in [-0.15, -0.1) is 0 Å². The van der Waals surface area contributed by atoms with E-state index in [1.165, 1.54) is 0 Å². The Morgan fingerprint density at radius 2 is 1.92 bits per heavy atom. The quantitative estimate of drug-likeness (QED) is 0.468. The van der Waals surface area contributed by atoms with Crippen molar-refractivity contribution in [3.05, 3.63) is 26.4 Å². The van der Waals surface area contributed by atoms with Crippen molar-refractivity contribution in [2.24, 2.45) is 0 Å². The molecular formula is C6H3BBrCl2FO2. The van der Waals surface area contributed by atoms with Gasteiger partial charge in [-0.25, -0.2) is 4.39 Å². The Labute approximate surface area is 92.6 Å².